The van der Waals surface area contributed by atoms with Crippen LogP contribution in [0.5, 0.6) is 0 Å². The lowest BCUT2D eigenvalue weighted by atomic mass is 10.00. The third-order valence-corrected chi connectivity index (χ3v) is 7.76. The number of hydrogen-bond donors (Lipinski definition) is 1. The lowest BCUT2D eigenvalue weighted by molar-refractivity contribution is 0.0951. The Morgan fingerprint density at radius 3 is 2.97 bits per heavy atom. The van der Waals surface area contributed by atoms with E-state index in [1.54, 1.807) is 11.8 Å². The van der Waals surface area contributed by atoms with Gasteiger partial charge in [-0.15, -0.1) is 21.5 Å². The number of thioether (sulfide) groups is 1. The van der Waals surface area contributed by atoms with Gasteiger partial charge < -0.3 is 14.6 Å². The highest BCUT2D eigenvalue weighted by Gasteiger charge is 2.26. The molecule has 2 saturated heterocycles. The van der Waals surface area contributed by atoms with Gasteiger partial charge in [-0.25, -0.2) is 4.98 Å². The quantitative estimate of drug-likeness (QED) is 0.581. The van der Waals surface area contributed by atoms with Crippen LogP contribution < -0.4 is 10.5 Å². The molecule has 1 unspecified atom stereocenters. The predicted octanol–water partition coefficient (Wildman–Crippen LogP) is 3.28. The van der Waals surface area contributed by atoms with Crippen molar-refractivity contribution in [1.29, 1.82) is 0 Å². The van der Waals surface area contributed by atoms with Crippen LogP contribution in [0.1, 0.15) is 38.4 Å². The maximum atomic E-state index is 12.3. The maximum Gasteiger partial charge on any atom is 0.268 e. The number of aromatic nitrogens is 5. The molecule has 2 aliphatic rings. The van der Waals surface area contributed by atoms with Crippen molar-refractivity contribution in [3.63, 3.8) is 0 Å². The van der Waals surface area contributed by atoms with Gasteiger partial charge in [-0.05, 0) is 43.0 Å². The van der Waals surface area contributed by atoms with E-state index in [-0.39, 0.29) is 11.7 Å². The molecular formula is C20H26N6O2S2. The molecule has 0 saturated carbocycles. The summed E-state index contributed by atoms with van der Waals surface area (Å²) in [5.41, 5.74) is 0.679. The van der Waals surface area contributed by atoms with Crippen LogP contribution in [0.4, 0.5) is 5.95 Å². The molecule has 8 nitrogen and oxygen atoms in total. The highest BCUT2D eigenvalue weighted by Crippen LogP contribution is 2.29. The monoisotopic (exact) mass is 446 g/mol. The molecule has 3 aromatic rings. The number of rotatable bonds is 6. The second-order valence-electron chi connectivity index (χ2n) is 8.13. The first kappa shape index (κ1) is 20.0. The largest absolute Gasteiger partial charge is 0.376 e. The van der Waals surface area contributed by atoms with Crippen LogP contribution in [0.2, 0.25) is 0 Å². The molecule has 0 radical (unpaired) electrons. The van der Waals surface area contributed by atoms with E-state index in [4.69, 9.17) is 4.74 Å². The zero-order valence-corrected chi connectivity index (χ0v) is 18.7. The van der Waals surface area contributed by atoms with Gasteiger partial charge in [0, 0.05) is 19.7 Å². The number of H-pyrrole nitrogens is 1. The summed E-state index contributed by atoms with van der Waals surface area (Å²) >= 11 is 2.98. The van der Waals surface area contributed by atoms with E-state index in [0.717, 1.165) is 61.6 Å². The average molecular weight is 447 g/mol. The smallest absolute Gasteiger partial charge is 0.268 e. The van der Waals surface area contributed by atoms with Crippen LogP contribution in [0, 0.1) is 5.92 Å². The third kappa shape index (κ3) is 4.13. The van der Waals surface area contributed by atoms with Crippen LogP contribution >= 0.6 is 23.1 Å². The molecule has 30 heavy (non-hydrogen) atoms. The van der Waals surface area contributed by atoms with E-state index in [0.29, 0.717) is 16.3 Å². The highest BCUT2D eigenvalue weighted by atomic mass is 32.2. The lowest BCUT2D eigenvalue weighted by Crippen LogP contribution is -2.35. The van der Waals surface area contributed by atoms with Gasteiger partial charge >= 0.3 is 0 Å². The van der Waals surface area contributed by atoms with E-state index in [2.05, 4.69) is 36.6 Å². The molecule has 5 heterocycles. The Balaban J connectivity index is 1.38. The molecule has 1 atom stereocenters. The number of nitrogens with one attached hydrogen (secondary N) is 1. The number of ether oxygens (including phenoxy) is 1. The van der Waals surface area contributed by atoms with E-state index < -0.39 is 0 Å². The lowest BCUT2D eigenvalue weighted by Gasteiger charge is -2.31. The van der Waals surface area contributed by atoms with Crippen LogP contribution in [0.3, 0.4) is 0 Å². The van der Waals surface area contributed by atoms with E-state index in [1.165, 1.54) is 24.2 Å². The van der Waals surface area contributed by atoms with Crippen molar-refractivity contribution in [3.05, 3.63) is 27.6 Å². The average Bonchev–Trinajstić information content (AvgIpc) is 3.49. The van der Waals surface area contributed by atoms with Gasteiger partial charge in [-0.3, -0.25) is 9.36 Å². The molecule has 0 aromatic carbocycles. The minimum Gasteiger partial charge on any atom is -0.376 e. The van der Waals surface area contributed by atoms with Gasteiger partial charge in [0.1, 0.15) is 10.5 Å². The van der Waals surface area contributed by atoms with Gasteiger partial charge in [0.25, 0.3) is 5.56 Å². The van der Waals surface area contributed by atoms with Crippen molar-refractivity contribution in [1.82, 2.24) is 24.7 Å². The first-order chi connectivity index (χ1) is 14.7. The van der Waals surface area contributed by atoms with Crippen LogP contribution in [-0.2, 0) is 17.0 Å². The number of anilines is 1. The third-order valence-electron chi connectivity index (χ3n) is 5.88. The Bertz CT molecular complexity index is 1060. The Morgan fingerprint density at radius 1 is 1.30 bits per heavy atom. The number of hydrogen-bond acceptors (Lipinski definition) is 8. The Labute approximate surface area is 183 Å². The van der Waals surface area contributed by atoms with Gasteiger partial charge in [0.05, 0.1) is 23.9 Å². The standard InChI is InChI=1S/C20H26N6O2S2/c1-13-4-7-25(8-5-13)19-23-24-20(26(19)11-14-3-2-9-28-14)30-12-16-21-15-6-10-29-17(15)18(27)22-16/h6,10,13-14H,2-5,7-9,11-12H2,1H3,(H,21,22,27). The summed E-state index contributed by atoms with van der Waals surface area (Å²) < 4.78 is 8.77. The molecular weight excluding hydrogens is 420 g/mol. The molecule has 2 fully saturated rings. The van der Waals surface area contributed by atoms with Crippen molar-refractivity contribution >= 4 is 39.3 Å². The van der Waals surface area contributed by atoms with Crippen LogP contribution in [0.15, 0.2) is 21.4 Å². The predicted molar refractivity (Wildman–Crippen MR) is 119 cm³/mol. The summed E-state index contributed by atoms with van der Waals surface area (Å²) in [5, 5.41) is 11.8. The highest BCUT2D eigenvalue weighted by molar-refractivity contribution is 7.98. The molecule has 0 bridgehead atoms. The Morgan fingerprint density at radius 2 is 2.17 bits per heavy atom. The van der Waals surface area contributed by atoms with Gasteiger partial charge in [0.15, 0.2) is 5.16 Å². The fourth-order valence-corrected chi connectivity index (χ4v) is 5.64. The summed E-state index contributed by atoms with van der Waals surface area (Å²) in [6.45, 7) is 5.94. The summed E-state index contributed by atoms with van der Waals surface area (Å²) in [4.78, 5) is 22.1. The second-order valence-corrected chi connectivity index (χ2v) is 9.99. The Hall–Kier alpha value is -1.91. The van der Waals surface area contributed by atoms with Crippen LogP contribution in [0.25, 0.3) is 10.2 Å². The first-order valence-corrected chi connectivity index (χ1v) is 12.4. The van der Waals surface area contributed by atoms with Crippen molar-refractivity contribution in [3.8, 4) is 0 Å². The topological polar surface area (TPSA) is 88.9 Å². The molecule has 0 aliphatic carbocycles. The number of thiophene rings is 1. The van der Waals surface area contributed by atoms with Crippen molar-refractivity contribution in [2.75, 3.05) is 24.6 Å². The van der Waals surface area contributed by atoms with Gasteiger partial charge in [-0.2, -0.15) is 0 Å². The molecule has 160 valence electrons. The van der Waals surface area contributed by atoms with E-state index in [9.17, 15) is 4.79 Å². The Kier molecular flexibility index (Phi) is 5.79. The minimum atomic E-state index is -0.0745. The molecule has 0 amide bonds. The first-order valence-electron chi connectivity index (χ1n) is 10.6. The normalized spacial score (nSPS) is 20.4. The van der Waals surface area contributed by atoms with Crippen molar-refractivity contribution in [2.24, 2.45) is 5.92 Å². The number of aromatic amines is 1. The summed E-state index contributed by atoms with van der Waals surface area (Å²) in [6, 6.07) is 1.89. The van der Waals surface area contributed by atoms with Crippen molar-refractivity contribution in [2.45, 2.75) is 56.2 Å². The minimum absolute atomic E-state index is 0.0745. The SMILES string of the molecule is CC1CCN(c2nnc(SCc3nc4ccsc4c(=O)[nH]3)n2CC2CCCO2)CC1. The van der Waals surface area contributed by atoms with Gasteiger partial charge in [-0.1, -0.05) is 18.7 Å². The molecule has 0 spiro atoms. The summed E-state index contributed by atoms with van der Waals surface area (Å²) in [5.74, 6) is 2.91. The van der Waals surface area contributed by atoms with E-state index >= 15 is 0 Å². The maximum absolute atomic E-state index is 12.3. The fraction of sp³-hybridized carbons (Fsp3) is 0.600. The molecule has 2 aliphatic heterocycles. The summed E-state index contributed by atoms with van der Waals surface area (Å²) in [6.07, 6.45) is 4.75. The second kappa shape index (κ2) is 8.68. The number of fused-ring (bicyclic) bond motifs is 1. The molecule has 5 rings (SSSR count). The number of piperidine rings is 1. The van der Waals surface area contributed by atoms with Crippen LogP contribution in [-0.4, -0.2) is 50.5 Å². The molecule has 1 N–H and O–H groups in total. The fourth-order valence-electron chi connectivity index (χ4n) is 4.10. The van der Waals surface area contributed by atoms with Crippen molar-refractivity contribution < 1.29 is 4.74 Å². The molecule has 3 aromatic heterocycles. The number of nitrogens with zero attached hydrogens (tertiary/aromatic N) is 5. The molecule has 10 heteroatoms. The van der Waals surface area contributed by atoms with Gasteiger partial charge in [0.2, 0.25) is 5.95 Å². The summed E-state index contributed by atoms with van der Waals surface area (Å²) in [7, 11) is 0. The van der Waals surface area contributed by atoms with E-state index in [1.807, 2.05) is 11.4 Å². The zero-order chi connectivity index (χ0) is 20.5. The zero-order valence-electron chi connectivity index (χ0n) is 17.0.